The zero-order valence-electron chi connectivity index (χ0n) is 12.5. The lowest BCUT2D eigenvalue weighted by Crippen LogP contribution is -2.40. The molecule has 112 valence electrons. The van der Waals surface area contributed by atoms with Crippen LogP contribution in [0.15, 0.2) is 24.3 Å². The molecule has 2 aliphatic heterocycles. The Balaban J connectivity index is 1.57. The third-order valence-electron chi connectivity index (χ3n) is 4.65. The van der Waals surface area contributed by atoms with Gasteiger partial charge >= 0.3 is 0 Å². The Bertz CT molecular complexity index is 520. The molecule has 1 saturated heterocycles. The summed E-state index contributed by atoms with van der Waals surface area (Å²) in [7, 11) is 0. The lowest BCUT2D eigenvalue weighted by atomic mass is 10.0. The highest BCUT2D eigenvalue weighted by Crippen LogP contribution is 2.23. The fourth-order valence-electron chi connectivity index (χ4n) is 3.36. The SMILES string of the molecule is C[C@H]1CCCCN1CCCN1C(=O)c2ccccc2C1=O. The molecule has 1 fully saturated rings. The van der Waals surface area contributed by atoms with Gasteiger partial charge in [0.1, 0.15) is 0 Å². The summed E-state index contributed by atoms with van der Waals surface area (Å²) in [5.41, 5.74) is 1.10. The minimum absolute atomic E-state index is 0.137. The second-order valence-electron chi connectivity index (χ2n) is 6.04. The first-order chi connectivity index (χ1) is 10.2. The molecule has 0 radical (unpaired) electrons. The summed E-state index contributed by atoms with van der Waals surface area (Å²) in [6.45, 7) is 4.90. The van der Waals surface area contributed by atoms with E-state index in [0.29, 0.717) is 23.7 Å². The van der Waals surface area contributed by atoms with Crippen LogP contribution < -0.4 is 0 Å². The first-order valence-corrected chi connectivity index (χ1v) is 7.88. The van der Waals surface area contributed by atoms with E-state index < -0.39 is 0 Å². The first-order valence-electron chi connectivity index (χ1n) is 7.88. The zero-order valence-corrected chi connectivity index (χ0v) is 12.5. The van der Waals surface area contributed by atoms with Crippen molar-refractivity contribution >= 4 is 11.8 Å². The third-order valence-corrected chi connectivity index (χ3v) is 4.65. The van der Waals surface area contributed by atoms with Gasteiger partial charge in [0.25, 0.3) is 11.8 Å². The van der Waals surface area contributed by atoms with Gasteiger partial charge in [-0.3, -0.25) is 14.5 Å². The van der Waals surface area contributed by atoms with E-state index in [1.807, 2.05) is 12.1 Å². The molecule has 0 saturated carbocycles. The Kier molecular flexibility index (Phi) is 4.06. The van der Waals surface area contributed by atoms with E-state index in [9.17, 15) is 9.59 Å². The third kappa shape index (κ3) is 2.72. The van der Waals surface area contributed by atoms with Crippen molar-refractivity contribution in [3.05, 3.63) is 35.4 Å². The predicted octanol–water partition coefficient (Wildman–Crippen LogP) is 2.55. The molecular weight excluding hydrogens is 264 g/mol. The number of rotatable bonds is 4. The van der Waals surface area contributed by atoms with Crippen LogP contribution >= 0.6 is 0 Å². The second kappa shape index (κ2) is 5.98. The second-order valence-corrected chi connectivity index (χ2v) is 6.04. The Labute approximate surface area is 125 Å². The highest BCUT2D eigenvalue weighted by atomic mass is 16.2. The van der Waals surface area contributed by atoms with E-state index >= 15 is 0 Å². The Morgan fingerprint density at radius 1 is 1.05 bits per heavy atom. The van der Waals surface area contributed by atoms with Crippen LogP contribution in [0.5, 0.6) is 0 Å². The quantitative estimate of drug-likeness (QED) is 0.799. The number of carbonyl (C=O) groups excluding carboxylic acids is 2. The van der Waals surface area contributed by atoms with Crippen LogP contribution in [0.1, 0.15) is 53.3 Å². The number of piperidine rings is 1. The van der Waals surface area contributed by atoms with E-state index in [1.165, 1.54) is 24.2 Å². The number of hydrogen-bond donors (Lipinski definition) is 0. The molecule has 2 amide bonds. The van der Waals surface area contributed by atoms with Crippen LogP contribution in [0.3, 0.4) is 0 Å². The predicted molar refractivity (Wildman–Crippen MR) is 81.3 cm³/mol. The maximum atomic E-state index is 12.2. The number of amides is 2. The van der Waals surface area contributed by atoms with Gasteiger partial charge in [0.2, 0.25) is 0 Å². The van der Waals surface area contributed by atoms with Crippen LogP contribution in [-0.2, 0) is 0 Å². The summed E-state index contributed by atoms with van der Waals surface area (Å²) in [4.78, 5) is 28.4. The fraction of sp³-hybridized carbons (Fsp3) is 0.529. The largest absolute Gasteiger partial charge is 0.301 e. The van der Waals surface area contributed by atoms with Crippen molar-refractivity contribution in [3.63, 3.8) is 0 Å². The van der Waals surface area contributed by atoms with Gasteiger partial charge in [-0.1, -0.05) is 18.6 Å². The van der Waals surface area contributed by atoms with E-state index in [0.717, 1.165) is 19.5 Å². The number of nitrogens with zero attached hydrogens (tertiary/aromatic N) is 2. The van der Waals surface area contributed by atoms with Crippen molar-refractivity contribution in [3.8, 4) is 0 Å². The molecule has 0 bridgehead atoms. The molecule has 3 rings (SSSR count). The molecule has 4 heteroatoms. The zero-order chi connectivity index (χ0) is 14.8. The molecule has 0 N–H and O–H groups in total. The lowest BCUT2D eigenvalue weighted by Gasteiger charge is -2.33. The molecule has 0 unspecified atom stereocenters. The highest BCUT2D eigenvalue weighted by molar-refractivity contribution is 6.21. The molecule has 1 aromatic carbocycles. The van der Waals surface area contributed by atoms with Crippen molar-refractivity contribution < 1.29 is 9.59 Å². The van der Waals surface area contributed by atoms with E-state index in [2.05, 4.69) is 11.8 Å². The number of fused-ring (bicyclic) bond motifs is 1. The molecule has 0 aromatic heterocycles. The van der Waals surface area contributed by atoms with Gasteiger partial charge in [-0.05, 0) is 44.9 Å². The van der Waals surface area contributed by atoms with Gasteiger partial charge in [0, 0.05) is 19.1 Å². The maximum absolute atomic E-state index is 12.2. The van der Waals surface area contributed by atoms with E-state index in [-0.39, 0.29) is 11.8 Å². The van der Waals surface area contributed by atoms with Crippen molar-refractivity contribution in [2.75, 3.05) is 19.6 Å². The first kappa shape index (κ1) is 14.3. The summed E-state index contributed by atoms with van der Waals surface area (Å²) in [6.07, 6.45) is 4.69. The standard InChI is InChI=1S/C17H22N2O2/c1-13-7-4-5-10-18(13)11-6-12-19-16(20)14-8-2-3-9-15(14)17(19)21/h2-3,8-9,13H,4-7,10-12H2,1H3/t13-/m0/s1. The van der Waals surface area contributed by atoms with Crippen LogP contribution in [0.2, 0.25) is 0 Å². The topological polar surface area (TPSA) is 40.6 Å². The smallest absolute Gasteiger partial charge is 0.261 e. The number of hydrogen-bond acceptors (Lipinski definition) is 3. The summed E-state index contributed by atoms with van der Waals surface area (Å²) >= 11 is 0. The van der Waals surface area contributed by atoms with Crippen molar-refractivity contribution in [2.24, 2.45) is 0 Å². The van der Waals surface area contributed by atoms with Crippen LogP contribution in [0.4, 0.5) is 0 Å². The lowest BCUT2D eigenvalue weighted by molar-refractivity contribution is 0.0641. The molecule has 2 aliphatic rings. The van der Waals surface area contributed by atoms with Gasteiger partial charge < -0.3 is 4.90 Å². The van der Waals surface area contributed by atoms with Gasteiger partial charge in [-0.15, -0.1) is 0 Å². The van der Waals surface area contributed by atoms with Crippen LogP contribution in [-0.4, -0.2) is 47.3 Å². The van der Waals surface area contributed by atoms with Gasteiger partial charge in [0.05, 0.1) is 11.1 Å². The Hall–Kier alpha value is -1.68. The molecular formula is C17H22N2O2. The number of likely N-dealkylation sites (tertiary alicyclic amines) is 1. The Morgan fingerprint density at radius 3 is 2.33 bits per heavy atom. The maximum Gasteiger partial charge on any atom is 0.261 e. The molecule has 2 heterocycles. The number of benzene rings is 1. The van der Waals surface area contributed by atoms with Gasteiger partial charge in [-0.25, -0.2) is 0 Å². The number of imide groups is 1. The van der Waals surface area contributed by atoms with Crippen molar-refractivity contribution in [1.82, 2.24) is 9.80 Å². The van der Waals surface area contributed by atoms with Gasteiger partial charge in [0.15, 0.2) is 0 Å². The number of carbonyl (C=O) groups is 2. The van der Waals surface area contributed by atoms with Gasteiger partial charge in [-0.2, -0.15) is 0 Å². The van der Waals surface area contributed by atoms with E-state index in [1.54, 1.807) is 12.1 Å². The average Bonchev–Trinajstić information content (AvgIpc) is 2.74. The van der Waals surface area contributed by atoms with E-state index in [4.69, 9.17) is 0 Å². The van der Waals surface area contributed by atoms with Crippen LogP contribution in [0, 0.1) is 0 Å². The fourth-order valence-corrected chi connectivity index (χ4v) is 3.36. The molecule has 1 atom stereocenters. The molecule has 4 nitrogen and oxygen atoms in total. The van der Waals surface area contributed by atoms with Crippen LogP contribution in [0.25, 0.3) is 0 Å². The average molecular weight is 286 g/mol. The Morgan fingerprint density at radius 2 is 1.71 bits per heavy atom. The minimum atomic E-state index is -0.137. The molecule has 0 aliphatic carbocycles. The van der Waals surface area contributed by atoms with Crippen molar-refractivity contribution in [1.29, 1.82) is 0 Å². The summed E-state index contributed by atoms with van der Waals surface area (Å²) < 4.78 is 0. The molecule has 21 heavy (non-hydrogen) atoms. The van der Waals surface area contributed by atoms with Crippen molar-refractivity contribution in [2.45, 2.75) is 38.6 Å². The molecule has 0 spiro atoms. The highest BCUT2D eigenvalue weighted by Gasteiger charge is 2.34. The normalized spacial score (nSPS) is 22.7. The minimum Gasteiger partial charge on any atom is -0.301 e. The summed E-state index contributed by atoms with van der Waals surface area (Å²) in [5, 5.41) is 0. The summed E-state index contributed by atoms with van der Waals surface area (Å²) in [5.74, 6) is -0.274. The summed E-state index contributed by atoms with van der Waals surface area (Å²) in [6, 6.07) is 7.72. The monoisotopic (exact) mass is 286 g/mol. The molecule has 1 aromatic rings.